The third-order valence-electron chi connectivity index (χ3n) is 5.45. The molecule has 34 heavy (non-hydrogen) atoms. The van der Waals surface area contributed by atoms with Gasteiger partial charge in [-0.05, 0) is 25.2 Å². The van der Waals surface area contributed by atoms with Crippen molar-refractivity contribution in [3.63, 3.8) is 0 Å². The summed E-state index contributed by atoms with van der Waals surface area (Å²) in [6.45, 7) is 2.38. The Hall–Kier alpha value is -3.34. The zero-order chi connectivity index (χ0) is 23.7. The van der Waals surface area contributed by atoms with Gasteiger partial charge < -0.3 is 25.4 Å². The molecule has 4 aromatic rings. The van der Waals surface area contributed by atoms with Crippen LogP contribution in [0.2, 0.25) is 5.02 Å². The first-order valence-electron chi connectivity index (χ1n) is 10.8. The van der Waals surface area contributed by atoms with Crippen molar-refractivity contribution in [2.75, 3.05) is 39.2 Å². The number of pyridine rings is 1. The van der Waals surface area contributed by atoms with E-state index in [2.05, 4.69) is 20.9 Å². The van der Waals surface area contributed by atoms with Crippen LogP contribution in [0.5, 0.6) is 10.8 Å². The lowest BCUT2D eigenvalue weighted by Gasteiger charge is -2.17. The monoisotopic (exact) mass is 498 g/mol. The van der Waals surface area contributed by atoms with E-state index in [0.717, 1.165) is 27.4 Å². The number of thiophene rings is 1. The van der Waals surface area contributed by atoms with Crippen molar-refractivity contribution in [2.24, 2.45) is 0 Å². The maximum Gasteiger partial charge on any atom is 0.271 e. The highest BCUT2D eigenvalue weighted by Crippen LogP contribution is 2.43. The molecule has 5 rings (SSSR count). The highest BCUT2D eigenvalue weighted by molar-refractivity contribution is 7.21. The first kappa shape index (κ1) is 22.5. The Morgan fingerprint density at radius 1 is 1.32 bits per heavy atom. The van der Waals surface area contributed by atoms with Crippen LogP contribution in [0.25, 0.3) is 21.5 Å². The molecule has 11 heteroatoms. The summed E-state index contributed by atoms with van der Waals surface area (Å²) in [5.41, 5.74) is 3.98. The number of fused-ring (bicyclic) bond motifs is 2. The van der Waals surface area contributed by atoms with Crippen molar-refractivity contribution >= 4 is 50.4 Å². The summed E-state index contributed by atoms with van der Waals surface area (Å²) in [7, 11) is 3.44. The largest absolute Gasteiger partial charge is 0.493 e. The molecule has 0 spiro atoms. The third-order valence-corrected chi connectivity index (χ3v) is 6.82. The lowest BCUT2D eigenvalue weighted by Crippen LogP contribution is -2.35. The average molecular weight is 499 g/mol. The van der Waals surface area contributed by atoms with Gasteiger partial charge in [-0.2, -0.15) is 5.10 Å². The number of amides is 1. The van der Waals surface area contributed by atoms with Gasteiger partial charge in [-0.15, -0.1) is 0 Å². The molecule has 0 saturated carbocycles. The summed E-state index contributed by atoms with van der Waals surface area (Å²) in [5, 5.41) is 15.4. The zero-order valence-electron chi connectivity index (χ0n) is 18.6. The SMILES string of the molecule is CNCCOc1cc2nccc(-c3nn4c(c3Nc3cccc(Cl)c3OC)C(=O)NCC4)c2s1. The van der Waals surface area contributed by atoms with E-state index in [1.807, 2.05) is 31.3 Å². The van der Waals surface area contributed by atoms with Crippen molar-refractivity contribution in [1.29, 1.82) is 0 Å². The molecule has 9 nitrogen and oxygen atoms in total. The zero-order valence-corrected chi connectivity index (χ0v) is 20.2. The number of hydrogen-bond acceptors (Lipinski definition) is 8. The molecule has 176 valence electrons. The van der Waals surface area contributed by atoms with Crippen LogP contribution in [0.15, 0.2) is 36.5 Å². The average Bonchev–Trinajstić information content (AvgIpc) is 3.41. The molecule has 0 radical (unpaired) electrons. The molecule has 0 bridgehead atoms. The van der Waals surface area contributed by atoms with Crippen molar-refractivity contribution in [3.8, 4) is 22.1 Å². The summed E-state index contributed by atoms with van der Waals surface area (Å²) >= 11 is 7.85. The van der Waals surface area contributed by atoms with Gasteiger partial charge in [0.1, 0.15) is 18.0 Å². The number of ether oxygens (including phenoxy) is 2. The molecule has 4 heterocycles. The van der Waals surface area contributed by atoms with Crippen molar-refractivity contribution in [2.45, 2.75) is 6.54 Å². The minimum absolute atomic E-state index is 0.193. The molecule has 1 aliphatic rings. The van der Waals surface area contributed by atoms with Gasteiger partial charge in [0.2, 0.25) is 0 Å². The Morgan fingerprint density at radius 2 is 2.21 bits per heavy atom. The number of halogens is 1. The summed E-state index contributed by atoms with van der Waals surface area (Å²) < 4.78 is 14.0. The summed E-state index contributed by atoms with van der Waals surface area (Å²) in [6.07, 6.45) is 1.74. The number of anilines is 2. The first-order valence-corrected chi connectivity index (χ1v) is 11.9. The topological polar surface area (TPSA) is 102 Å². The van der Waals surface area contributed by atoms with E-state index in [1.54, 1.807) is 24.1 Å². The third kappa shape index (κ3) is 4.04. The molecule has 0 saturated heterocycles. The van der Waals surface area contributed by atoms with Gasteiger partial charge in [-0.3, -0.25) is 14.5 Å². The lowest BCUT2D eigenvalue weighted by atomic mass is 10.1. The van der Waals surface area contributed by atoms with E-state index in [4.69, 9.17) is 26.2 Å². The van der Waals surface area contributed by atoms with Crippen LogP contribution >= 0.6 is 22.9 Å². The van der Waals surface area contributed by atoms with Gasteiger partial charge in [0, 0.05) is 30.9 Å². The summed E-state index contributed by atoms with van der Waals surface area (Å²) in [5.74, 6) is 0.295. The van der Waals surface area contributed by atoms with Crippen LogP contribution in [0, 0.1) is 0 Å². The summed E-state index contributed by atoms with van der Waals surface area (Å²) in [6, 6.07) is 9.25. The highest BCUT2D eigenvalue weighted by atomic mass is 35.5. The fourth-order valence-electron chi connectivity index (χ4n) is 3.90. The molecule has 0 atom stereocenters. The number of benzene rings is 1. The van der Waals surface area contributed by atoms with Crippen LogP contribution < -0.4 is 25.4 Å². The number of carbonyl (C=O) groups excluding carboxylic acids is 1. The first-order chi connectivity index (χ1) is 16.6. The van der Waals surface area contributed by atoms with Crippen molar-refractivity contribution < 1.29 is 14.3 Å². The van der Waals surface area contributed by atoms with Crippen LogP contribution in [0.1, 0.15) is 10.5 Å². The Labute approximate surface area is 205 Å². The second kappa shape index (κ2) is 9.49. The molecular weight excluding hydrogens is 476 g/mol. The number of aromatic nitrogens is 3. The van der Waals surface area contributed by atoms with Gasteiger partial charge in [-0.1, -0.05) is 29.0 Å². The molecule has 0 aliphatic carbocycles. The Balaban J connectivity index is 1.65. The number of carbonyl (C=O) groups is 1. The highest BCUT2D eigenvalue weighted by Gasteiger charge is 2.29. The van der Waals surface area contributed by atoms with E-state index in [-0.39, 0.29) is 5.91 Å². The summed E-state index contributed by atoms with van der Waals surface area (Å²) in [4.78, 5) is 17.4. The molecule has 3 aromatic heterocycles. The molecular formula is C23H23ClN6O3S. The number of nitrogens with one attached hydrogen (secondary N) is 3. The van der Waals surface area contributed by atoms with Crippen LogP contribution in [-0.2, 0) is 6.54 Å². The van der Waals surface area contributed by atoms with Crippen LogP contribution in [0.3, 0.4) is 0 Å². The minimum atomic E-state index is -0.193. The Bertz CT molecular complexity index is 1370. The molecule has 0 fully saturated rings. The quantitative estimate of drug-likeness (QED) is 0.316. The van der Waals surface area contributed by atoms with Crippen molar-refractivity contribution in [1.82, 2.24) is 25.4 Å². The Morgan fingerprint density at radius 3 is 3.03 bits per heavy atom. The minimum Gasteiger partial charge on any atom is -0.493 e. The molecule has 3 N–H and O–H groups in total. The second-order valence-corrected chi connectivity index (χ2v) is 9.01. The smallest absolute Gasteiger partial charge is 0.271 e. The molecule has 1 aliphatic heterocycles. The second-order valence-electron chi connectivity index (χ2n) is 7.59. The van der Waals surface area contributed by atoms with E-state index < -0.39 is 0 Å². The predicted molar refractivity (Wildman–Crippen MR) is 134 cm³/mol. The number of para-hydroxylation sites is 1. The maximum absolute atomic E-state index is 12.9. The number of methoxy groups -OCH3 is 1. The van der Waals surface area contributed by atoms with Gasteiger partial charge >= 0.3 is 0 Å². The number of rotatable bonds is 8. The lowest BCUT2D eigenvalue weighted by molar-refractivity contribution is 0.0925. The molecule has 1 amide bonds. The van der Waals surface area contributed by atoms with Crippen LogP contribution in [0.4, 0.5) is 11.4 Å². The van der Waals surface area contributed by atoms with Crippen molar-refractivity contribution in [3.05, 3.63) is 47.2 Å². The normalized spacial score (nSPS) is 13.0. The van der Waals surface area contributed by atoms with Crippen LogP contribution in [-0.4, -0.2) is 54.5 Å². The van der Waals surface area contributed by atoms with E-state index in [1.165, 1.54) is 11.3 Å². The Kier molecular flexibility index (Phi) is 6.27. The van der Waals surface area contributed by atoms with E-state index >= 15 is 0 Å². The molecule has 0 unspecified atom stereocenters. The van der Waals surface area contributed by atoms with Gasteiger partial charge in [-0.25, -0.2) is 0 Å². The maximum atomic E-state index is 12.9. The fourth-order valence-corrected chi connectivity index (χ4v) is 5.15. The standard InChI is InChI=1S/C23H23ClN6O3S/c1-25-9-11-33-17-12-16-22(34-17)13(6-7-26-16)18-19(20-23(31)27-8-10-30(20)29-18)28-15-5-3-4-14(24)21(15)32-2/h3-7,12,25,28H,8-11H2,1-2H3,(H,27,31). The van der Waals surface area contributed by atoms with Gasteiger partial charge in [0.15, 0.2) is 10.8 Å². The van der Waals surface area contributed by atoms with Gasteiger partial charge in [0.25, 0.3) is 5.91 Å². The number of hydrogen-bond donors (Lipinski definition) is 3. The predicted octanol–water partition coefficient (Wildman–Crippen LogP) is 3.91. The number of likely N-dealkylation sites (N-methyl/N-ethyl adjacent to an activating group) is 1. The fraction of sp³-hybridized carbons (Fsp3) is 0.261. The van der Waals surface area contributed by atoms with Gasteiger partial charge in [0.05, 0.1) is 40.3 Å². The number of nitrogens with zero attached hydrogens (tertiary/aromatic N) is 3. The molecule has 1 aromatic carbocycles. The van der Waals surface area contributed by atoms with E-state index in [0.29, 0.717) is 53.2 Å². The van der Waals surface area contributed by atoms with E-state index in [9.17, 15) is 4.79 Å².